The fourth-order valence-corrected chi connectivity index (χ4v) is 2.21. The predicted molar refractivity (Wildman–Crippen MR) is 96.5 cm³/mol. The lowest BCUT2D eigenvalue weighted by Crippen LogP contribution is -2.10. The van der Waals surface area contributed by atoms with Crippen LogP contribution in [0.3, 0.4) is 0 Å². The highest BCUT2D eigenvalue weighted by Gasteiger charge is 2.04. The van der Waals surface area contributed by atoms with Crippen LogP contribution in [-0.2, 0) is 9.53 Å². The van der Waals surface area contributed by atoms with Crippen LogP contribution in [0.2, 0.25) is 5.02 Å². The van der Waals surface area contributed by atoms with Crippen molar-refractivity contribution in [1.82, 2.24) is 0 Å². The zero-order valence-electron chi connectivity index (χ0n) is 14.0. The van der Waals surface area contributed by atoms with Gasteiger partial charge in [-0.1, -0.05) is 29.8 Å². The van der Waals surface area contributed by atoms with E-state index in [9.17, 15) is 4.79 Å². The van der Waals surface area contributed by atoms with E-state index in [1.54, 1.807) is 44.6 Å². The van der Waals surface area contributed by atoms with Crippen molar-refractivity contribution in [2.75, 3.05) is 27.4 Å². The van der Waals surface area contributed by atoms with Gasteiger partial charge in [-0.05, 0) is 35.9 Å². The molecule has 0 unspecified atom stereocenters. The summed E-state index contributed by atoms with van der Waals surface area (Å²) in [6, 6.07) is 12.5. The first-order valence-electron chi connectivity index (χ1n) is 7.58. The van der Waals surface area contributed by atoms with E-state index in [1.807, 2.05) is 18.2 Å². The Morgan fingerprint density at radius 3 is 2.48 bits per heavy atom. The van der Waals surface area contributed by atoms with Crippen LogP contribution in [0.1, 0.15) is 5.56 Å². The molecule has 132 valence electrons. The van der Waals surface area contributed by atoms with Gasteiger partial charge in [0.1, 0.15) is 19.0 Å². The second kappa shape index (κ2) is 9.59. The van der Waals surface area contributed by atoms with Gasteiger partial charge in [-0.3, -0.25) is 0 Å². The van der Waals surface area contributed by atoms with Gasteiger partial charge < -0.3 is 18.9 Å². The largest absolute Gasteiger partial charge is 0.493 e. The van der Waals surface area contributed by atoms with E-state index in [4.69, 9.17) is 30.5 Å². The Kier molecular flexibility index (Phi) is 7.16. The summed E-state index contributed by atoms with van der Waals surface area (Å²) in [5.41, 5.74) is 0.793. The molecule has 0 fully saturated rings. The molecule has 0 aliphatic carbocycles. The number of hydrogen-bond acceptors (Lipinski definition) is 5. The molecule has 6 heteroatoms. The molecule has 0 heterocycles. The average molecular weight is 363 g/mol. The van der Waals surface area contributed by atoms with Gasteiger partial charge in [0.15, 0.2) is 11.5 Å². The number of ether oxygens (including phenoxy) is 4. The third kappa shape index (κ3) is 5.72. The van der Waals surface area contributed by atoms with Crippen molar-refractivity contribution in [3.8, 4) is 17.2 Å². The molecular weight excluding hydrogens is 344 g/mol. The molecule has 0 radical (unpaired) electrons. The smallest absolute Gasteiger partial charge is 0.330 e. The van der Waals surface area contributed by atoms with Crippen LogP contribution in [0, 0.1) is 0 Å². The maximum absolute atomic E-state index is 11.7. The van der Waals surface area contributed by atoms with E-state index in [0.29, 0.717) is 22.3 Å². The quantitative estimate of drug-likeness (QED) is 0.403. The van der Waals surface area contributed by atoms with Crippen LogP contribution in [0.15, 0.2) is 48.5 Å². The van der Waals surface area contributed by atoms with Crippen LogP contribution < -0.4 is 14.2 Å². The maximum atomic E-state index is 11.7. The lowest BCUT2D eigenvalue weighted by molar-refractivity contribution is -0.138. The van der Waals surface area contributed by atoms with E-state index < -0.39 is 5.97 Å². The van der Waals surface area contributed by atoms with E-state index in [1.165, 1.54) is 6.08 Å². The summed E-state index contributed by atoms with van der Waals surface area (Å²) in [7, 11) is 3.12. The number of carbonyl (C=O) groups excluding carboxylic acids is 1. The van der Waals surface area contributed by atoms with Crippen molar-refractivity contribution in [1.29, 1.82) is 0 Å². The molecule has 25 heavy (non-hydrogen) atoms. The lowest BCUT2D eigenvalue weighted by Gasteiger charge is -2.08. The SMILES string of the molecule is COc1ccc(/C=C/C(=O)OCCOc2ccccc2Cl)cc1OC. The highest BCUT2D eigenvalue weighted by molar-refractivity contribution is 6.32. The zero-order valence-corrected chi connectivity index (χ0v) is 14.8. The molecule has 0 amide bonds. The third-order valence-electron chi connectivity index (χ3n) is 3.24. The Morgan fingerprint density at radius 2 is 1.76 bits per heavy atom. The molecule has 0 N–H and O–H groups in total. The fourth-order valence-electron chi connectivity index (χ4n) is 2.02. The number of benzene rings is 2. The monoisotopic (exact) mass is 362 g/mol. The van der Waals surface area contributed by atoms with Crippen molar-refractivity contribution in [2.24, 2.45) is 0 Å². The van der Waals surface area contributed by atoms with E-state index in [0.717, 1.165) is 5.56 Å². The van der Waals surface area contributed by atoms with Crippen LogP contribution in [0.5, 0.6) is 17.2 Å². The molecular formula is C19H19ClO5. The Labute approximate surface area is 151 Å². The standard InChI is InChI=1S/C19H19ClO5/c1-22-17-9-7-14(13-18(17)23-2)8-10-19(21)25-12-11-24-16-6-4-3-5-15(16)20/h3-10,13H,11-12H2,1-2H3/b10-8+. The Hall–Kier alpha value is -2.66. The number of esters is 1. The number of carbonyl (C=O) groups is 1. The fraction of sp³-hybridized carbons (Fsp3) is 0.211. The zero-order chi connectivity index (χ0) is 18.1. The van der Waals surface area contributed by atoms with Gasteiger partial charge in [0, 0.05) is 6.08 Å². The van der Waals surface area contributed by atoms with Gasteiger partial charge in [-0.15, -0.1) is 0 Å². The Morgan fingerprint density at radius 1 is 1.00 bits per heavy atom. The Bertz CT molecular complexity index is 742. The topological polar surface area (TPSA) is 54.0 Å². The number of methoxy groups -OCH3 is 2. The first kappa shape index (κ1) is 18.7. The van der Waals surface area contributed by atoms with Gasteiger partial charge in [-0.2, -0.15) is 0 Å². The minimum absolute atomic E-state index is 0.125. The molecule has 0 spiro atoms. The predicted octanol–water partition coefficient (Wildman–Crippen LogP) is 3.99. The first-order valence-corrected chi connectivity index (χ1v) is 7.96. The van der Waals surface area contributed by atoms with Crippen molar-refractivity contribution in [3.05, 3.63) is 59.1 Å². The van der Waals surface area contributed by atoms with Gasteiger partial charge in [-0.25, -0.2) is 4.79 Å². The third-order valence-corrected chi connectivity index (χ3v) is 3.55. The second-order valence-electron chi connectivity index (χ2n) is 4.89. The summed E-state index contributed by atoms with van der Waals surface area (Å²) in [6.45, 7) is 0.347. The summed E-state index contributed by atoms with van der Waals surface area (Å²) in [5.74, 6) is 1.31. The summed E-state index contributed by atoms with van der Waals surface area (Å²) in [5, 5.41) is 0.516. The molecule has 5 nitrogen and oxygen atoms in total. The number of para-hydroxylation sites is 1. The summed E-state index contributed by atoms with van der Waals surface area (Å²) in [4.78, 5) is 11.7. The van der Waals surface area contributed by atoms with Crippen LogP contribution in [0.4, 0.5) is 0 Å². The normalized spacial score (nSPS) is 10.5. The van der Waals surface area contributed by atoms with Gasteiger partial charge >= 0.3 is 5.97 Å². The Balaban J connectivity index is 1.80. The van der Waals surface area contributed by atoms with Crippen molar-refractivity contribution in [3.63, 3.8) is 0 Å². The van der Waals surface area contributed by atoms with Gasteiger partial charge in [0.2, 0.25) is 0 Å². The van der Waals surface area contributed by atoms with Gasteiger partial charge in [0.05, 0.1) is 19.2 Å². The van der Waals surface area contributed by atoms with Crippen molar-refractivity contribution >= 4 is 23.6 Å². The highest BCUT2D eigenvalue weighted by atomic mass is 35.5. The minimum Gasteiger partial charge on any atom is -0.493 e. The summed E-state index contributed by atoms with van der Waals surface area (Å²) in [6.07, 6.45) is 2.98. The van der Waals surface area contributed by atoms with E-state index in [-0.39, 0.29) is 13.2 Å². The maximum Gasteiger partial charge on any atom is 0.330 e. The first-order chi connectivity index (χ1) is 12.1. The number of halogens is 1. The molecule has 0 aromatic heterocycles. The van der Waals surface area contributed by atoms with Crippen LogP contribution in [0.25, 0.3) is 6.08 Å². The molecule has 0 aliphatic heterocycles. The molecule has 2 aromatic carbocycles. The van der Waals surface area contributed by atoms with Crippen LogP contribution >= 0.6 is 11.6 Å². The molecule has 2 rings (SSSR count). The molecule has 0 bridgehead atoms. The molecule has 0 atom stereocenters. The van der Waals surface area contributed by atoms with E-state index >= 15 is 0 Å². The summed E-state index contributed by atoms with van der Waals surface area (Å²) < 4.78 is 20.9. The second-order valence-corrected chi connectivity index (χ2v) is 5.30. The van der Waals surface area contributed by atoms with Crippen LogP contribution in [-0.4, -0.2) is 33.4 Å². The highest BCUT2D eigenvalue weighted by Crippen LogP contribution is 2.28. The summed E-state index contributed by atoms with van der Waals surface area (Å²) >= 11 is 5.97. The molecule has 0 saturated heterocycles. The minimum atomic E-state index is -0.461. The number of hydrogen-bond donors (Lipinski definition) is 0. The average Bonchev–Trinajstić information content (AvgIpc) is 2.64. The molecule has 0 saturated carbocycles. The molecule has 2 aromatic rings. The van der Waals surface area contributed by atoms with Gasteiger partial charge in [0.25, 0.3) is 0 Å². The van der Waals surface area contributed by atoms with E-state index in [2.05, 4.69) is 0 Å². The van der Waals surface area contributed by atoms with Crippen molar-refractivity contribution in [2.45, 2.75) is 0 Å². The number of rotatable bonds is 8. The molecule has 0 aliphatic rings. The van der Waals surface area contributed by atoms with Crippen molar-refractivity contribution < 1.29 is 23.7 Å². The lowest BCUT2D eigenvalue weighted by atomic mass is 10.2.